The molecule has 1 heterocycles. The lowest BCUT2D eigenvalue weighted by Gasteiger charge is -2.11. The SMILES string of the molecule is Cc1ccc(F)cc1CC(N)c1cc(Br)cs1. The summed E-state index contributed by atoms with van der Waals surface area (Å²) >= 11 is 5.03. The summed E-state index contributed by atoms with van der Waals surface area (Å²) in [5.74, 6) is -0.204. The van der Waals surface area contributed by atoms with Crippen LogP contribution in [0.4, 0.5) is 4.39 Å². The molecule has 4 heteroatoms. The van der Waals surface area contributed by atoms with Crippen LogP contribution in [0.2, 0.25) is 0 Å². The molecule has 17 heavy (non-hydrogen) atoms. The van der Waals surface area contributed by atoms with Gasteiger partial charge in [0.2, 0.25) is 0 Å². The minimum absolute atomic E-state index is 0.0770. The standard InChI is InChI=1S/C13H13BrFNS/c1-8-2-3-11(15)4-9(8)5-12(16)13-6-10(14)7-17-13/h2-4,6-7,12H,5,16H2,1H3. The van der Waals surface area contributed by atoms with E-state index in [1.54, 1.807) is 23.5 Å². The van der Waals surface area contributed by atoms with Crippen molar-refractivity contribution in [3.63, 3.8) is 0 Å². The van der Waals surface area contributed by atoms with Crippen molar-refractivity contribution >= 4 is 27.3 Å². The Labute approximate surface area is 113 Å². The first-order chi connectivity index (χ1) is 8.06. The van der Waals surface area contributed by atoms with E-state index in [9.17, 15) is 4.39 Å². The molecule has 0 saturated carbocycles. The molecular formula is C13H13BrFNS. The topological polar surface area (TPSA) is 26.0 Å². The highest BCUT2D eigenvalue weighted by Crippen LogP contribution is 2.27. The van der Waals surface area contributed by atoms with Crippen molar-refractivity contribution in [2.45, 2.75) is 19.4 Å². The highest BCUT2D eigenvalue weighted by atomic mass is 79.9. The lowest BCUT2D eigenvalue weighted by molar-refractivity contribution is 0.621. The zero-order valence-electron chi connectivity index (χ0n) is 9.41. The van der Waals surface area contributed by atoms with Gasteiger partial charge in [-0.15, -0.1) is 11.3 Å². The number of hydrogen-bond acceptors (Lipinski definition) is 2. The second kappa shape index (κ2) is 5.29. The van der Waals surface area contributed by atoms with E-state index < -0.39 is 0 Å². The molecule has 1 unspecified atom stereocenters. The number of benzene rings is 1. The van der Waals surface area contributed by atoms with Crippen LogP contribution in [0.25, 0.3) is 0 Å². The van der Waals surface area contributed by atoms with Crippen LogP contribution < -0.4 is 5.73 Å². The van der Waals surface area contributed by atoms with E-state index >= 15 is 0 Å². The Morgan fingerprint density at radius 1 is 1.41 bits per heavy atom. The number of thiophene rings is 1. The molecule has 1 nitrogen and oxygen atoms in total. The van der Waals surface area contributed by atoms with Gasteiger partial charge in [-0.3, -0.25) is 0 Å². The van der Waals surface area contributed by atoms with E-state index in [0.29, 0.717) is 6.42 Å². The second-order valence-electron chi connectivity index (χ2n) is 4.05. The molecule has 2 aromatic rings. The fraction of sp³-hybridized carbons (Fsp3) is 0.231. The number of halogens is 2. The molecule has 90 valence electrons. The van der Waals surface area contributed by atoms with Crippen molar-refractivity contribution < 1.29 is 4.39 Å². The minimum atomic E-state index is -0.204. The van der Waals surface area contributed by atoms with Gasteiger partial charge in [-0.1, -0.05) is 6.07 Å². The Morgan fingerprint density at radius 3 is 2.82 bits per heavy atom. The fourth-order valence-corrected chi connectivity index (χ4v) is 3.17. The molecular weight excluding hydrogens is 301 g/mol. The predicted molar refractivity (Wildman–Crippen MR) is 73.8 cm³/mol. The van der Waals surface area contributed by atoms with Gasteiger partial charge in [-0.05, 0) is 58.6 Å². The van der Waals surface area contributed by atoms with E-state index in [1.165, 1.54) is 6.07 Å². The second-order valence-corrected chi connectivity index (χ2v) is 5.91. The summed E-state index contributed by atoms with van der Waals surface area (Å²) in [4.78, 5) is 1.11. The Bertz CT molecular complexity index is 524. The molecule has 0 saturated heterocycles. The Kier molecular flexibility index (Phi) is 3.97. The van der Waals surface area contributed by atoms with Gasteiger partial charge in [-0.25, -0.2) is 4.39 Å². The van der Waals surface area contributed by atoms with E-state index in [4.69, 9.17) is 5.73 Å². The summed E-state index contributed by atoms with van der Waals surface area (Å²) in [5.41, 5.74) is 8.18. The number of aryl methyl sites for hydroxylation is 1. The van der Waals surface area contributed by atoms with Crippen LogP contribution in [0.15, 0.2) is 34.1 Å². The molecule has 0 radical (unpaired) electrons. The van der Waals surface area contributed by atoms with Crippen LogP contribution >= 0.6 is 27.3 Å². The molecule has 1 aromatic carbocycles. The van der Waals surface area contributed by atoms with Crippen molar-refractivity contribution in [1.29, 1.82) is 0 Å². The summed E-state index contributed by atoms with van der Waals surface area (Å²) in [6.07, 6.45) is 0.663. The van der Waals surface area contributed by atoms with Gasteiger partial charge in [-0.2, -0.15) is 0 Å². The van der Waals surface area contributed by atoms with Gasteiger partial charge in [0.15, 0.2) is 0 Å². The summed E-state index contributed by atoms with van der Waals surface area (Å²) in [6.45, 7) is 1.98. The van der Waals surface area contributed by atoms with Crippen LogP contribution in [-0.4, -0.2) is 0 Å². The number of rotatable bonds is 3. The van der Waals surface area contributed by atoms with Crippen molar-refractivity contribution in [2.75, 3.05) is 0 Å². The molecule has 1 aromatic heterocycles. The summed E-state index contributed by atoms with van der Waals surface area (Å²) < 4.78 is 14.2. The fourth-order valence-electron chi connectivity index (χ4n) is 1.72. The normalized spacial score (nSPS) is 12.7. The first-order valence-electron chi connectivity index (χ1n) is 5.31. The molecule has 2 N–H and O–H groups in total. The van der Waals surface area contributed by atoms with Crippen LogP contribution in [0, 0.1) is 12.7 Å². The van der Waals surface area contributed by atoms with Gasteiger partial charge in [0, 0.05) is 20.8 Å². The highest BCUT2D eigenvalue weighted by molar-refractivity contribution is 9.10. The Balaban J connectivity index is 2.18. The smallest absolute Gasteiger partial charge is 0.123 e. The number of nitrogens with two attached hydrogens (primary N) is 1. The van der Waals surface area contributed by atoms with Crippen molar-refractivity contribution in [3.8, 4) is 0 Å². The molecule has 1 atom stereocenters. The summed E-state index contributed by atoms with van der Waals surface area (Å²) in [7, 11) is 0. The largest absolute Gasteiger partial charge is 0.323 e. The monoisotopic (exact) mass is 313 g/mol. The number of hydrogen-bond donors (Lipinski definition) is 1. The Morgan fingerprint density at radius 2 is 2.18 bits per heavy atom. The molecule has 0 bridgehead atoms. The van der Waals surface area contributed by atoms with Gasteiger partial charge >= 0.3 is 0 Å². The maximum Gasteiger partial charge on any atom is 0.123 e. The van der Waals surface area contributed by atoms with Crippen molar-refractivity contribution in [3.05, 3.63) is 55.9 Å². The Hall–Kier alpha value is -0.710. The summed E-state index contributed by atoms with van der Waals surface area (Å²) in [6, 6.07) is 6.78. The first kappa shape index (κ1) is 12.7. The van der Waals surface area contributed by atoms with E-state index in [2.05, 4.69) is 15.9 Å². The van der Waals surface area contributed by atoms with Gasteiger partial charge in [0.1, 0.15) is 5.82 Å². The van der Waals surface area contributed by atoms with E-state index in [1.807, 2.05) is 18.4 Å². The van der Waals surface area contributed by atoms with E-state index in [-0.39, 0.29) is 11.9 Å². The van der Waals surface area contributed by atoms with Gasteiger partial charge < -0.3 is 5.73 Å². The molecule has 0 amide bonds. The summed E-state index contributed by atoms with van der Waals surface area (Å²) in [5, 5.41) is 2.01. The van der Waals surface area contributed by atoms with Gasteiger partial charge in [0.25, 0.3) is 0 Å². The van der Waals surface area contributed by atoms with Crippen LogP contribution in [-0.2, 0) is 6.42 Å². The first-order valence-corrected chi connectivity index (χ1v) is 6.98. The van der Waals surface area contributed by atoms with Crippen molar-refractivity contribution in [1.82, 2.24) is 0 Å². The average Bonchev–Trinajstić information content (AvgIpc) is 2.70. The molecule has 2 rings (SSSR count). The van der Waals surface area contributed by atoms with Crippen LogP contribution in [0.1, 0.15) is 22.0 Å². The van der Waals surface area contributed by atoms with Crippen molar-refractivity contribution in [2.24, 2.45) is 5.73 Å². The minimum Gasteiger partial charge on any atom is -0.323 e. The third kappa shape index (κ3) is 3.15. The predicted octanol–water partition coefficient (Wildman–Crippen LogP) is 4.20. The molecule has 0 aliphatic carbocycles. The van der Waals surface area contributed by atoms with Crippen LogP contribution in [0.5, 0.6) is 0 Å². The zero-order chi connectivity index (χ0) is 12.4. The van der Waals surface area contributed by atoms with E-state index in [0.717, 1.165) is 20.5 Å². The quantitative estimate of drug-likeness (QED) is 0.903. The average molecular weight is 314 g/mol. The molecule has 0 aliphatic rings. The third-order valence-electron chi connectivity index (χ3n) is 2.70. The maximum absolute atomic E-state index is 13.2. The van der Waals surface area contributed by atoms with Gasteiger partial charge in [0.05, 0.1) is 0 Å². The van der Waals surface area contributed by atoms with Crippen LogP contribution in [0.3, 0.4) is 0 Å². The lowest BCUT2D eigenvalue weighted by Crippen LogP contribution is -2.12. The lowest BCUT2D eigenvalue weighted by atomic mass is 10.0. The third-order valence-corrected chi connectivity index (χ3v) is 4.53. The zero-order valence-corrected chi connectivity index (χ0v) is 11.8. The highest BCUT2D eigenvalue weighted by Gasteiger charge is 2.11. The molecule has 0 fully saturated rings. The molecule has 0 aliphatic heterocycles. The molecule has 0 spiro atoms. The maximum atomic E-state index is 13.2.